The molecular formula is C13H13Cl2N3O. The molecule has 6 heteroatoms. The van der Waals surface area contributed by atoms with Crippen LogP contribution in [-0.2, 0) is 6.42 Å². The fourth-order valence-corrected chi connectivity index (χ4v) is 2.15. The van der Waals surface area contributed by atoms with Crippen LogP contribution in [0.5, 0.6) is 5.88 Å². The predicted molar refractivity (Wildman–Crippen MR) is 75.7 cm³/mol. The van der Waals surface area contributed by atoms with Crippen LogP contribution in [0.2, 0.25) is 10.0 Å². The fourth-order valence-electron chi connectivity index (χ4n) is 1.67. The summed E-state index contributed by atoms with van der Waals surface area (Å²) in [6.07, 6.45) is 0.566. The molecule has 0 aliphatic carbocycles. The number of halogens is 2. The highest BCUT2D eigenvalue weighted by atomic mass is 35.5. The van der Waals surface area contributed by atoms with Crippen molar-refractivity contribution in [1.29, 1.82) is 0 Å². The number of hydrogen-bond donors (Lipinski definition) is 1. The summed E-state index contributed by atoms with van der Waals surface area (Å²) in [6.45, 7) is 0. The van der Waals surface area contributed by atoms with Gasteiger partial charge in [0.1, 0.15) is 0 Å². The zero-order valence-electron chi connectivity index (χ0n) is 10.3. The molecule has 1 atom stereocenters. The van der Waals surface area contributed by atoms with E-state index in [1.54, 1.807) is 24.3 Å². The van der Waals surface area contributed by atoms with Gasteiger partial charge in [0, 0.05) is 16.1 Å². The molecule has 0 fully saturated rings. The molecule has 100 valence electrons. The first-order valence-electron chi connectivity index (χ1n) is 5.67. The highest BCUT2D eigenvalue weighted by molar-refractivity contribution is 6.35. The maximum absolute atomic E-state index is 6.11. The Hall–Kier alpha value is -1.36. The summed E-state index contributed by atoms with van der Waals surface area (Å²) in [4.78, 5) is 0. The maximum Gasteiger partial charge on any atom is 0.233 e. The van der Waals surface area contributed by atoms with Crippen LogP contribution in [0, 0.1) is 0 Å². The number of nitrogens with two attached hydrogens (primary N) is 1. The molecule has 2 aromatic rings. The van der Waals surface area contributed by atoms with Gasteiger partial charge in [-0.3, -0.25) is 0 Å². The Morgan fingerprint density at radius 1 is 1.21 bits per heavy atom. The van der Waals surface area contributed by atoms with Crippen LogP contribution in [0.25, 0.3) is 0 Å². The van der Waals surface area contributed by atoms with Gasteiger partial charge in [-0.05, 0) is 30.2 Å². The van der Waals surface area contributed by atoms with Crippen molar-refractivity contribution in [2.45, 2.75) is 12.5 Å². The Balaban J connectivity index is 2.13. The molecule has 0 bridgehead atoms. The minimum Gasteiger partial charge on any atom is -0.480 e. The van der Waals surface area contributed by atoms with E-state index in [2.05, 4.69) is 10.2 Å². The van der Waals surface area contributed by atoms with E-state index in [1.165, 1.54) is 7.11 Å². The fraction of sp³-hybridized carbons (Fsp3) is 0.231. The van der Waals surface area contributed by atoms with Gasteiger partial charge in [-0.15, -0.1) is 5.10 Å². The zero-order valence-corrected chi connectivity index (χ0v) is 11.8. The minimum atomic E-state index is -0.280. The molecule has 0 radical (unpaired) electrons. The smallest absolute Gasteiger partial charge is 0.233 e. The van der Waals surface area contributed by atoms with Crippen LogP contribution in [0.4, 0.5) is 0 Å². The first-order valence-corrected chi connectivity index (χ1v) is 6.43. The zero-order chi connectivity index (χ0) is 13.8. The van der Waals surface area contributed by atoms with E-state index in [0.29, 0.717) is 28.0 Å². The minimum absolute atomic E-state index is 0.280. The third-order valence-corrected chi connectivity index (χ3v) is 3.29. The summed E-state index contributed by atoms with van der Waals surface area (Å²) >= 11 is 12.0. The van der Waals surface area contributed by atoms with Crippen LogP contribution >= 0.6 is 23.2 Å². The van der Waals surface area contributed by atoms with Crippen LogP contribution < -0.4 is 10.5 Å². The van der Waals surface area contributed by atoms with Crippen molar-refractivity contribution in [3.05, 3.63) is 51.6 Å². The largest absolute Gasteiger partial charge is 0.480 e. The number of aromatic nitrogens is 2. The van der Waals surface area contributed by atoms with Crippen LogP contribution in [-0.4, -0.2) is 17.3 Å². The number of rotatable bonds is 4. The van der Waals surface area contributed by atoms with E-state index >= 15 is 0 Å². The molecule has 2 rings (SSSR count). The van der Waals surface area contributed by atoms with E-state index in [1.807, 2.05) is 6.07 Å². The Morgan fingerprint density at radius 2 is 2.00 bits per heavy atom. The molecule has 1 unspecified atom stereocenters. The lowest BCUT2D eigenvalue weighted by Crippen LogP contribution is -2.15. The van der Waals surface area contributed by atoms with E-state index < -0.39 is 0 Å². The topological polar surface area (TPSA) is 61.0 Å². The summed E-state index contributed by atoms with van der Waals surface area (Å²) in [5.41, 5.74) is 7.70. The van der Waals surface area contributed by atoms with Crippen LogP contribution in [0.15, 0.2) is 30.3 Å². The lowest BCUT2D eigenvalue weighted by atomic mass is 10.0. The number of benzene rings is 1. The highest BCUT2D eigenvalue weighted by Gasteiger charge is 2.12. The standard InChI is InChI=1S/C13H13Cl2N3O/c1-19-13-5-4-12(17-18-13)11(16)6-8-2-3-9(14)7-10(8)15/h2-5,7,11H,6,16H2,1H3. The Morgan fingerprint density at radius 3 is 2.58 bits per heavy atom. The van der Waals surface area contributed by atoms with Crippen molar-refractivity contribution in [2.75, 3.05) is 7.11 Å². The molecule has 0 saturated heterocycles. The van der Waals surface area contributed by atoms with Crippen LogP contribution in [0.1, 0.15) is 17.3 Å². The molecule has 0 spiro atoms. The van der Waals surface area contributed by atoms with Gasteiger partial charge in [0.05, 0.1) is 18.8 Å². The van der Waals surface area contributed by atoms with Gasteiger partial charge in [-0.25, -0.2) is 0 Å². The highest BCUT2D eigenvalue weighted by Crippen LogP contribution is 2.24. The van der Waals surface area contributed by atoms with Crippen molar-refractivity contribution in [1.82, 2.24) is 10.2 Å². The molecule has 2 N–H and O–H groups in total. The summed E-state index contributed by atoms with van der Waals surface area (Å²) in [5, 5.41) is 9.12. The van der Waals surface area contributed by atoms with Gasteiger partial charge < -0.3 is 10.5 Å². The lowest BCUT2D eigenvalue weighted by molar-refractivity contribution is 0.390. The predicted octanol–water partition coefficient (Wildman–Crippen LogP) is 3.03. The number of hydrogen-bond acceptors (Lipinski definition) is 4. The van der Waals surface area contributed by atoms with Gasteiger partial charge in [0.25, 0.3) is 0 Å². The third kappa shape index (κ3) is 3.56. The second kappa shape index (κ2) is 6.19. The summed E-state index contributed by atoms with van der Waals surface area (Å²) < 4.78 is 4.95. The van der Waals surface area contributed by atoms with Crippen molar-refractivity contribution in [3.8, 4) is 5.88 Å². The second-order valence-corrected chi connectivity index (χ2v) is 4.89. The summed E-state index contributed by atoms with van der Waals surface area (Å²) in [7, 11) is 1.54. The molecule has 0 amide bonds. The molecule has 1 aromatic carbocycles. The molecule has 0 aliphatic heterocycles. The van der Waals surface area contributed by atoms with E-state index in [0.717, 1.165) is 5.56 Å². The number of ether oxygens (including phenoxy) is 1. The average Bonchev–Trinajstić information content (AvgIpc) is 2.42. The molecule has 1 aromatic heterocycles. The monoisotopic (exact) mass is 297 g/mol. The van der Waals surface area contributed by atoms with Crippen LogP contribution in [0.3, 0.4) is 0 Å². The van der Waals surface area contributed by atoms with Crippen molar-refractivity contribution in [3.63, 3.8) is 0 Å². The first-order chi connectivity index (χ1) is 9.10. The quantitative estimate of drug-likeness (QED) is 0.942. The Kier molecular flexibility index (Phi) is 4.58. The van der Waals surface area contributed by atoms with Gasteiger partial charge in [0.15, 0.2) is 0 Å². The number of nitrogens with zero attached hydrogens (tertiary/aromatic N) is 2. The van der Waals surface area contributed by atoms with Crippen molar-refractivity contribution >= 4 is 23.2 Å². The average molecular weight is 298 g/mol. The molecule has 0 aliphatic rings. The molecule has 1 heterocycles. The van der Waals surface area contributed by atoms with Gasteiger partial charge in [-0.2, -0.15) is 5.10 Å². The van der Waals surface area contributed by atoms with Gasteiger partial charge in [0.2, 0.25) is 5.88 Å². The number of methoxy groups -OCH3 is 1. The molecule has 19 heavy (non-hydrogen) atoms. The van der Waals surface area contributed by atoms with Gasteiger partial charge >= 0.3 is 0 Å². The van der Waals surface area contributed by atoms with Gasteiger partial charge in [-0.1, -0.05) is 29.3 Å². The summed E-state index contributed by atoms with van der Waals surface area (Å²) in [6, 6.07) is 8.59. The van der Waals surface area contributed by atoms with Crippen molar-refractivity contribution in [2.24, 2.45) is 5.73 Å². The molecular weight excluding hydrogens is 285 g/mol. The van der Waals surface area contributed by atoms with E-state index in [9.17, 15) is 0 Å². The molecule has 4 nitrogen and oxygen atoms in total. The van der Waals surface area contributed by atoms with E-state index in [-0.39, 0.29) is 6.04 Å². The normalized spacial score (nSPS) is 12.2. The SMILES string of the molecule is COc1ccc(C(N)Cc2ccc(Cl)cc2Cl)nn1. The second-order valence-electron chi connectivity index (χ2n) is 4.05. The third-order valence-electron chi connectivity index (χ3n) is 2.70. The van der Waals surface area contributed by atoms with Crippen molar-refractivity contribution < 1.29 is 4.74 Å². The maximum atomic E-state index is 6.11. The summed E-state index contributed by atoms with van der Waals surface area (Å²) in [5.74, 6) is 0.459. The first kappa shape index (κ1) is 14.1. The Labute approximate surface area is 121 Å². The van der Waals surface area contributed by atoms with E-state index in [4.69, 9.17) is 33.7 Å². The lowest BCUT2D eigenvalue weighted by Gasteiger charge is -2.12. The Bertz CT molecular complexity index is 560. The molecule has 0 saturated carbocycles.